The van der Waals surface area contributed by atoms with Gasteiger partial charge in [-0.3, -0.25) is 0 Å². The number of aliphatic hydroxyl groups is 1. The molecule has 0 aliphatic carbocycles. The molecule has 0 radical (unpaired) electrons. The average molecular weight is 252 g/mol. The Hall–Kier alpha value is -2.13. The first-order valence-corrected chi connectivity index (χ1v) is 6.33. The molecule has 2 heterocycles. The van der Waals surface area contributed by atoms with Crippen molar-refractivity contribution in [3.05, 3.63) is 59.4 Å². The SMILES string of the molecule is Cc1ccc(-c2cn3ccc(CO)cc3n2)c(C)c1. The lowest BCUT2D eigenvalue weighted by Crippen LogP contribution is -1.87. The monoisotopic (exact) mass is 252 g/mol. The summed E-state index contributed by atoms with van der Waals surface area (Å²) >= 11 is 0. The van der Waals surface area contributed by atoms with Gasteiger partial charge in [0.15, 0.2) is 0 Å². The number of hydrogen-bond acceptors (Lipinski definition) is 2. The van der Waals surface area contributed by atoms with E-state index in [1.165, 1.54) is 11.1 Å². The van der Waals surface area contributed by atoms with Gasteiger partial charge in [-0.15, -0.1) is 0 Å². The molecule has 2 aromatic heterocycles. The molecule has 0 unspecified atom stereocenters. The van der Waals surface area contributed by atoms with Crippen LogP contribution >= 0.6 is 0 Å². The van der Waals surface area contributed by atoms with E-state index in [4.69, 9.17) is 5.11 Å². The van der Waals surface area contributed by atoms with Crippen molar-refractivity contribution in [2.75, 3.05) is 0 Å². The highest BCUT2D eigenvalue weighted by molar-refractivity contribution is 5.66. The van der Waals surface area contributed by atoms with Gasteiger partial charge in [-0.1, -0.05) is 23.8 Å². The molecule has 0 atom stereocenters. The van der Waals surface area contributed by atoms with Gasteiger partial charge >= 0.3 is 0 Å². The van der Waals surface area contributed by atoms with Gasteiger partial charge in [0.1, 0.15) is 5.65 Å². The minimum Gasteiger partial charge on any atom is -0.392 e. The van der Waals surface area contributed by atoms with Gasteiger partial charge in [-0.25, -0.2) is 4.98 Å². The third-order valence-electron chi connectivity index (χ3n) is 3.37. The van der Waals surface area contributed by atoms with Crippen LogP contribution < -0.4 is 0 Å². The number of rotatable bonds is 2. The van der Waals surface area contributed by atoms with E-state index in [1.807, 2.05) is 28.9 Å². The smallest absolute Gasteiger partial charge is 0.137 e. The van der Waals surface area contributed by atoms with Gasteiger partial charge in [0.25, 0.3) is 0 Å². The van der Waals surface area contributed by atoms with Gasteiger partial charge in [-0.05, 0) is 37.1 Å². The molecule has 0 spiro atoms. The molecule has 0 fully saturated rings. The van der Waals surface area contributed by atoms with Crippen LogP contribution in [0.15, 0.2) is 42.7 Å². The highest BCUT2D eigenvalue weighted by Gasteiger charge is 2.07. The fraction of sp³-hybridized carbons (Fsp3) is 0.188. The number of aromatic nitrogens is 2. The van der Waals surface area contributed by atoms with Crippen LogP contribution in [0.3, 0.4) is 0 Å². The Bertz CT molecular complexity index is 744. The zero-order valence-corrected chi connectivity index (χ0v) is 11.1. The number of nitrogens with zero attached hydrogens (tertiary/aromatic N) is 2. The summed E-state index contributed by atoms with van der Waals surface area (Å²) in [5.41, 5.74) is 6.35. The molecule has 1 aromatic carbocycles. The lowest BCUT2D eigenvalue weighted by Gasteiger charge is -2.02. The van der Waals surface area contributed by atoms with E-state index in [0.717, 1.165) is 22.5 Å². The summed E-state index contributed by atoms with van der Waals surface area (Å²) in [6.45, 7) is 4.24. The van der Waals surface area contributed by atoms with Crippen molar-refractivity contribution in [2.24, 2.45) is 0 Å². The highest BCUT2D eigenvalue weighted by Crippen LogP contribution is 2.24. The van der Waals surface area contributed by atoms with Crippen molar-refractivity contribution in [1.82, 2.24) is 9.38 Å². The van der Waals surface area contributed by atoms with Crippen LogP contribution in [0, 0.1) is 13.8 Å². The van der Waals surface area contributed by atoms with Gasteiger partial charge in [-0.2, -0.15) is 0 Å². The van der Waals surface area contributed by atoms with Crippen molar-refractivity contribution in [3.63, 3.8) is 0 Å². The largest absolute Gasteiger partial charge is 0.392 e. The molecule has 3 nitrogen and oxygen atoms in total. The van der Waals surface area contributed by atoms with Crippen molar-refractivity contribution >= 4 is 5.65 Å². The Morgan fingerprint density at radius 1 is 1.16 bits per heavy atom. The molecule has 0 aliphatic rings. The second-order valence-electron chi connectivity index (χ2n) is 4.90. The van der Waals surface area contributed by atoms with Crippen LogP contribution in [0.5, 0.6) is 0 Å². The topological polar surface area (TPSA) is 37.5 Å². The second kappa shape index (κ2) is 4.52. The van der Waals surface area contributed by atoms with E-state index in [2.05, 4.69) is 37.0 Å². The number of aryl methyl sites for hydroxylation is 2. The lowest BCUT2D eigenvalue weighted by atomic mass is 10.0. The normalized spacial score (nSPS) is 11.1. The summed E-state index contributed by atoms with van der Waals surface area (Å²) in [6.07, 6.45) is 3.95. The average Bonchev–Trinajstić information content (AvgIpc) is 2.80. The van der Waals surface area contributed by atoms with E-state index < -0.39 is 0 Å². The quantitative estimate of drug-likeness (QED) is 0.761. The Morgan fingerprint density at radius 3 is 2.74 bits per heavy atom. The van der Waals surface area contributed by atoms with Crippen LogP contribution in [0.2, 0.25) is 0 Å². The van der Waals surface area contributed by atoms with Crippen molar-refractivity contribution in [1.29, 1.82) is 0 Å². The molecule has 0 bridgehead atoms. The van der Waals surface area contributed by atoms with Crippen LogP contribution in [-0.2, 0) is 6.61 Å². The standard InChI is InChI=1S/C16H16N2O/c1-11-3-4-14(12(2)7-11)15-9-18-6-5-13(10-19)8-16(18)17-15/h3-9,19H,10H2,1-2H3. The summed E-state index contributed by atoms with van der Waals surface area (Å²) in [5, 5.41) is 9.16. The van der Waals surface area contributed by atoms with Gasteiger partial charge < -0.3 is 9.51 Å². The molecule has 3 heteroatoms. The second-order valence-corrected chi connectivity index (χ2v) is 4.90. The first-order valence-electron chi connectivity index (χ1n) is 6.33. The summed E-state index contributed by atoms with van der Waals surface area (Å²) in [5.74, 6) is 0. The van der Waals surface area contributed by atoms with Crippen LogP contribution in [0.25, 0.3) is 16.9 Å². The molecule has 3 aromatic rings. The number of aliphatic hydroxyl groups excluding tert-OH is 1. The third kappa shape index (κ3) is 2.13. The molecule has 0 amide bonds. The number of benzene rings is 1. The maximum Gasteiger partial charge on any atom is 0.137 e. The predicted molar refractivity (Wildman–Crippen MR) is 76.0 cm³/mol. The fourth-order valence-electron chi connectivity index (χ4n) is 2.35. The molecule has 1 N–H and O–H groups in total. The van der Waals surface area contributed by atoms with Crippen LogP contribution in [0.1, 0.15) is 16.7 Å². The molecular weight excluding hydrogens is 236 g/mol. The zero-order valence-electron chi connectivity index (χ0n) is 11.1. The minimum atomic E-state index is 0.0439. The third-order valence-corrected chi connectivity index (χ3v) is 3.37. The van der Waals surface area contributed by atoms with Crippen LogP contribution in [-0.4, -0.2) is 14.5 Å². The van der Waals surface area contributed by atoms with Gasteiger partial charge in [0.05, 0.1) is 12.3 Å². The summed E-state index contributed by atoms with van der Waals surface area (Å²) in [7, 11) is 0. The number of imidazole rings is 1. The Balaban J connectivity index is 2.14. The van der Waals surface area contributed by atoms with Gasteiger partial charge in [0.2, 0.25) is 0 Å². The number of pyridine rings is 1. The minimum absolute atomic E-state index is 0.0439. The molecule has 19 heavy (non-hydrogen) atoms. The van der Waals surface area contributed by atoms with E-state index in [9.17, 15) is 0 Å². The first-order chi connectivity index (χ1) is 9.17. The lowest BCUT2D eigenvalue weighted by molar-refractivity contribution is 0.282. The Labute approximate surface area is 112 Å². The summed E-state index contributed by atoms with van der Waals surface area (Å²) in [6, 6.07) is 10.2. The van der Waals surface area contributed by atoms with E-state index in [1.54, 1.807) is 0 Å². The molecular formula is C16H16N2O. The van der Waals surface area contributed by atoms with E-state index in [-0.39, 0.29) is 6.61 Å². The number of fused-ring (bicyclic) bond motifs is 1. The zero-order chi connectivity index (χ0) is 13.4. The molecule has 0 aliphatic heterocycles. The summed E-state index contributed by atoms with van der Waals surface area (Å²) in [4.78, 5) is 4.63. The maximum absolute atomic E-state index is 9.16. The Kier molecular flexibility index (Phi) is 2.84. The van der Waals surface area contributed by atoms with Gasteiger partial charge in [0, 0.05) is 18.0 Å². The van der Waals surface area contributed by atoms with Crippen LogP contribution in [0.4, 0.5) is 0 Å². The van der Waals surface area contributed by atoms with E-state index in [0.29, 0.717) is 0 Å². The fourth-order valence-corrected chi connectivity index (χ4v) is 2.35. The summed E-state index contributed by atoms with van der Waals surface area (Å²) < 4.78 is 1.98. The highest BCUT2D eigenvalue weighted by atomic mass is 16.3. The first kappa shape index (κ1) is 11.9. The maximum atomic E-state index is 9.16. The molecule has 0 saturated heterocycles. The molecule has 96 valence electrons. The Morgan fingerprint density at radius 2 is 2.00 bits per heavy atom. The number of hydrogen-bond donors (Lipinski definition) is 1. The van der Waals surface area contributed by atoms with Crippen molar-refractivity contribution in [3.8, 4) is 11.3 Å². The van der Waals surface area contributed by atoms with Crippen molar-refractivity contribution < 1.29 is 5.11 Å². The van der Waals surface area contributed by atoms with E-state index >= 15 is 0 Å². The molecule has 0 saturated carbocycles. The van der Waals surface area contributed by atoms with Crippen molar-refractivity contribution in [2.45, 2.75) is 20.5 Å². The predicted octanol–water partition coefficient (Wildman–Crippen LogP) is 3.11. The molecule has 3 rings (SSSR count).